The van der Waals surface area contributed by atoms with Crippen LogP contribution in [0.25, 0.3) is 0 Å². The zero-order valence-electron chi connectivity index (χ0n) is 13.2. The molecule has 3 rings (SSSR count). The first kappa shape index (κ1) is 15.3. The van der Waals surface area contributed by atoms with Gasteiger partial charge in [-0.05, 0) is 38.3 Å². The molecule has 0 spiro atoms. The molecule has 1 N–H and O–H groups in total. The Kier molecular flexibility index (Phi) is 3.90. The number of hydrogen-bond donors (Lipinski definition) is 1. The van der Waals surface area contributed by atoms with Gasteiger partial charge in [-0.3, -0.25) is 9.48 Å². The number of benzene rings is 1. The predicted molar refractivity (Wildman–Crippen MR) is 85.8 cm³/mol. The van der Waals surface area contributed by atoms with Crippen LogP contribution in [0, 0.1) is 6.92 Å². The molecule has 1 aromatic heterocycles. The van der Waals surface area contributed by atoms with Gasteiger partial charge in [0.1, 0.15) is 6.04 Å². The number of carbonyl (C=O) groups is 2. The molecule has 0 saturated carbocycles. The number of amides is 1. The van der Waals surface area contributed by atoms with Crippen molar-refractivity contribution in [1.29, 1.82) is 0 Å². The highest BCUT2D eigenvalue weighted by atomic mass is 16.4. The highest BCUT2D eigenvalue weighted by Crippen LogP contribution is 2.29. The van der Waals surface area contributed by atoms with Crippen LogP contribution in [0.5, 0.6) is 0 Å². The number of aromatic carboxylic acids is 1. The quantitative estimate of drug-likeness (QED) is 0.944. The minimum Gasteiger partial charge on any atom is -0.478 e. The highest BCUT2D eigenvalue weighted by Gasteiger charge is 2.28. The van der Waals surface area contributed by atoms with E-state index >= 15 is 0 Å². The lowest BCUT2D eigenvalue weighted by atomic mass is 9.99. The topological polar surface area (TPSA) is 75.4 Å². The Morgan fingerprint density at radius 1 is 1.35 bits per heavy atom. The van der Waals surface area contributed by atoms with Crippen LogP contribution in [0.2, 0.25) is 0 Å². The smallest absolute Gasteiger partial charge is 0.338 e. The molecule has 120 valence electrons. The van der Waals surface area contributed by atoms with E-state index in [1.165, 1.54) is 28.2 Å². The Hall–Kier alpha value is -2.63. The van der Waals surface area contributed by atoms with Gasteiger partial charge in [-0.2, -0.15) is 5.10 Å². The lowest BCUT2D eigenvalue weighted by Crippen LogP contribution is -2.39. The molecule has 1 aliphatic rings. The minimum absolute atomic E-state index is 0.0742. The monoisotopic (exact) mass is 313 g/mol. The Labute approximate surface area is 134 Å². The minimum atomic E-state index is -1.05. The van der Waals surface area contributed by atoms with Gasteiger partial charge in [-0.25, -0.2) is 4.79 Å². The Bertz CT molecular complexity index is 766. The largest absolute Gasteiger partial charge is 0.478 e. The third-order valence-electron chi connectivity index (χ3n) is 4.22. The molecule has 1 unspecified atom stereocenters. The van der Waals surface area contributed by atoms with Crippen molar-refractivity contribution < 1.29 is 14.7 Å². The van der Waals surface area contributed by atoms with Gasteiger partial charge in [0.2, 0.25) is 0 Å². The second-order valence-electron chi connectivity index (χ2n) is 5.92. The van der Waals surface area contributed by atoms with Crippen molar-refractivity contribution in [3.63, 3.8) is 0 Å². The number of fused-ring (bicyclic) bond motifs is 1. The summed E-state index contributed by atoms with van der Waals surface area (Å²) >= 11 is 0. The summed E-state index contributed by atoms with van der Waals surface area (Å²) < 4.78 is 1.41. The van der Waals surface area contributed by atoms with Crippen LogP contribution in [0.3, 0.4) is 0 Å². The summed E-state index contributed by atoms with van der Waals surface area (Å²) in [5, 5.41) is 13.0. The van der Waals surface area contributed by atoms with Gasteiger partial charge in [0, 0.05) is 18.4 Å². The van der Waals surface area contributed by atoms with Crippen molar-refractivity contribution in [2.45, 2.75) is 32.7 Å². The SMILES string of the molecule is Cc1ccc2c(c1)CCCN2C(=O)C(C)n1cc(C(=O)O)cn1. The van der Waals surface area contributed by atoms with E-state index in [-0.39, 0.29) is 11.5 Å². The Balaban J connectivity index is 1.87. The third-order valence-corrected chi connectivity index (χ3v) is 4.22. The van der Waals surface area contributed by atoms with E-state index in [4.69, 9.17) is 5.11 Å². The van der Waals surface area contributed by atoms with Crippen molar-refractivity contribution in [3.8, 4) is 0 Å². The van der Waals surface area contributed by atoms with Gasteiger partial charge in [-0.15, -0.1) is 0 Å². The van der Waals surface area contributed by atoms with E-state index in [1.54, 1.807) is 11.8 Å². The maximum Gasteiger partial charge on any atom is 0.338 e. The van der Waals surface area contributed by atoms with E-state index in [2.05, 4.69) is 11.2 Å². The second-order valence-corrected chi connectivity index (χ2v) is 5.92. The first-order chi connectivity index (χ1) is 11.0. The van der Waals surface area contributed by atoms with Crippen LogP contribution in [0.1, 0.15) is 40.9 Å². The molecule has 0 radical (unpaired) electrons. The highest BCUT2D eigenvalue weighted by molar-refractivity contribution is 5.97. The van der Waals surface area contributed by atoms with Crippen LogP contribution in [-0.4, -0.2) is 33.3 Å². The van der Waals surface area contributed by atoms with E-state index in [0.29, 0.717) is 6.54 Å². The molecule has 23 heavy (non-hydrogen) atoms. The first-order valence-electron chi connectivity index (χ1n) is 7.65. The first-order valence-corrected chi connectivity index (χ1v) is 7.65. The number of rotatable bonds is 3. The van der Waals surface area contributed by atoms with E-state index in [9.17, 15) is 9.59 Å². The van der Waals surface area contributed by atoms with Crippen LogP contribution in [0.15, 0.2) is 30.6 Å². The van der Waals surface area contributed by atoms with Gasteiger partial charge in [0.25, 0.3) is 5.91 Å². The van der Waals surface area contributed by atoms with Gasteiger partial charge >= 0.3 is 5.97 Å². The lowest BCUT2D eigenvalue weighted by Gasteiger charge is -2.31. The fraction of sp³-hybridized carbons (Fsp3) is 0.353. The molecule has 0 saturated heterocycles. The van der Waals surface area contributed by atoms with Crippen LogP contribution < -0.4 is 4.90 Å². The van der Waals surface area contributed by atoms with Gasteiger partial charge in [0.15, 0.2) is 0 Å². The number of anilines is 1. The maximum absolute atomic E-state index is 12.8. The summed E-state index contributed by atoms with van der Waals surface area (Å²) in [5.74, 6) is -1.12. The zero-order valence-corrected chi connectivity index (χ0v) is 13.2. The lowest BCUT2D eigenvalue weighted by molar-refractivity contribution is -0.121. The number of carboxylic acids is 1. The van der Waals surface area contributed by atoms with E-state index < -0.39 is 12.0 Å². The van der Waals surface area contributed by atoms with Crippen LogP contribution >= 0.6 is 0 Å². The average molecular weight is 313 g/mol. The molecule has 1 aliphatic heterocycles. The fourth-order valence-electron chi connectivity index (χ4n) is 2.95. The van der Waals surface area contributed by atoms with Gasteiger partial charge in [-0.1, -0.05) is 17.7 Å². The standard InChI is InChI=1S/C17H19N3O3/c1-11-5-6-15-13(8-11)4-3-7-19(15)16(21)12(2)20-10-14(9-18-20)17(22)23/h5-6,8-10,12H,3-4,7H2,1-2H3,(H,22,23). The molecule has 2 heterocycles. The summed E-state index contributed by atoms with van der Waals surface area (Å²) in [7, 11) is 0. The molecular weight excluding hydrogens is 294 g/mol. The number of aromatic nitrogens is 2. The van der Waals surface area contributed by atoms with Crippen molar-refractivity contribution in [1.82, 2.24) is 9.78 Å². The van der Waals surface area contributed by atoms with Crippen LogP contribution in [0.4, 0.5) is 5.69 Å². The Morgan fingerprint density at radius 2 is 2.13 bits per heavy atom. The van der Waals surface area contributed by atoms with Crippen molar-refractivity contribution in [3.05, 3.63) is 47.3 Å². The predicted octanol–water partition coefficient (Wildman–Crippen LogP) is 2.43. The van der Waals surface area contributed by atoms with Crippen LogP contribution in [-0.2, 0) is 11.2 Å². The normalized spacial score (nSPS) is 15.1. The molecule has 6 nitrogen and oxygen atoms in total. The Morgan fingerprint density at radius 3 is 2.83 bits per heavy atom. The average Bonchev–Trinajstić information content (AvgIpc) is 3.02. The third kappa shape index (κ3) is 2.84. The van der Waals surface area contributed by atoms with Gasteiger partial charge in [0.05, 0.1) is 11.8 Å². The number of carbonyl (C=O) groups excluding carboxylic acids is 1. The summed E-state index contributed by atoms with van der Waals surface area (Å²) in [4.78, 5) is 25.6. The molecule has 0 fully saturated rings. The number of nitrogens with zero attached hydrogens (tertiary/aromatic N) is 3. The molecule has 0 aliphatic carbocycles. The van der Waals surface area contributed by atoms with E-state index in [0.717, 1.165) is 18.5 Å². The maximum atomic E-state index is 12.8. The molecule has 6 heteroatoms. The fourth-order valence-corrected chi connectivity index (χ4v) is 2.95. The molecule has 0 bridgehead atoms. The number of aryl methyl sites for hydroxylation is 2. The summed E-state index contributed by atoms with van der Waals surface area (Å²) in [6.45, 7) is 4.45. The van der Waals surface area contributed by atoms with E-state index in [1.807, 2.05) is 19.1 Å². The number of carboxylic acid groups (broad SMARTS) is 1. The summed E-state index contributed by atoms with van der Waals surface area (Å²) in [6.07, 6.45) is 4.55. The molecular formula is C17H19N3O3. The molecule has 1 atom stereocenters. The number of hydrogen-bond acceptors (Lipinski definition) is 3. The molecule has 1 amide bonds. The van der Waals surface area contributed by atoms with Crippen molar-refractivity contribution in [2.75, 3.05) is 11.4 Å². The summed E-state index contributed by atoms with van der Waals surface area (Å²) in [6, 6.07) is 5.57. The summed E-state index contributed by atoms with van der Waals surface area (Å²) in [5.41, 5.74) is 3.40. The molecule has 2 aromatic rings. The second kappa shape index (κ2) is 5.87. The molecule has 1 aromatic carbocycles. The van der Waals surface area contributed by atoms with Crippen molar-refractivity contribution in [2.24, 2.45) is 0 Å². The van der Waals surface area contributed by atoms with Gasteiger partial charge < -0.3 is 10.0 Å². The van der Waals surface area contributed by atoms with Crippen molar-refractivity contribution >= 4 is 17.6 Å². The zero-order chi connectivity index (χ0) is 16.6.